The number of hydrogen-bond donors (Lipinski definition) is 1. The lowest BCUT2D eigenvalue weighted by atomic mass is 9.91. The molecule has 33 heavy (non-hydrogen) atoms. The molecule has 2 aromatic carbocycles. The lowest BCUT2D eigenvalue weighted by molar-refractivity contribution is 0.140. The summed E-state index contributed by atoms with van der Waals surface area (Å²) >= 11 is 0. The molecule has 2 unspecified atom stereocenters. The molecule has 0 saturated carbocycles. The maximum atomic E-state index is 13.7. The minimum Gasteiger partial charge on any atom is -0.445 e. The van der Waals surface area contributed by atoms with Gasteiger partial charge < -0.3 is 10.1 Å². The third-order valence-corrected chi connectivity index (χ3v) is 8.73. The van der Waals surface area contributed by atoms with Crippen LogP contribution in [0, 0.1) is 5.92 Å². The van der Waals surface area contributed by atoms with Crippen molar-refractivity contribution in [2.24, 2.45) is 5.92 Å². The number of rotatable bonds is 7. The highest BCUT2D eigenvalue weighted by molar-refractivity contribution is 7.91. The first-order valence-electron chi connectivity index (χ1n) is 11.0. The molecular formula is C26H28N2O4S. The molecule has 1 aromatic heterocycles. The third-order valence-electron chi connectivity index (χ3n) is 6.29. The molecule has 0 fully saturated rings. The molecule has 4 rings (SSSR count). The van der Waals surface area contributed by atoms with Gasteiger partial charge in [0.15, 0.2) is 0 Å². The molecule has 0 saturated heterocycles. The summed E-state index contributed by atoms with van der Waals surface area (Å²) in [5.41, 5.74) is 2.40. The maximum absolute atomic E-state index is 13.7. The predicted molar refractivity (Wildman–Crippen MR) is 130 cm³/mol. The van der Waals surface area contributed by atoms with Crippen LogP contribution in [0.2, 0.25) is 0 Å². The largest absolute Gasteiger partial charge is 0.445 e. The summed E-state index contributed by atoms with van der Waals surface area (Å²) in [5.74, 6) is -0.168. The number of carbonyl (C=O) groups excluding carboxylic acids is 1. The Morgan fingerprint density at radius 1 is 1.09 bits per heavy atom. The van der Waals surface area contributed by atoms with Gasteiger partial charge in [0.05, 0.1) is 5.52 Å². The van der Waals surface area contributed by atoms with E-state index in [1.165, 1.54) is 3.97 Å². The Hall–Kier alpha value is -3.32. The molecule has 0 aliphatic heterocycles. The number of carbonyl (C=O) groups is 1. The van der Waals surface area contributed by atoms with Gasteiger partial charge in [-0.3, -0.25) is 0 Å². The normalized spacial score (nSPS) is 20.1. The molecule has 0 radical (unpaired) electrons. The number of nitrogens with one attached hydrogen (secondary N) is 1. The summed E-state index contributed by atoms with van der Waals surface area (Å²) in [5, 5.41) is 3.61. The van der Waals surface area contributed by atoms with E-state index in [0.717, 1.165) is 16.5 Å². The van der Waals surface area contributed by atoms with E-state index in [2.05, 4.69) is 5.32 Å². The zero-order valence-electron chi connectivity index (χ0n) is 18.8. The molecule has 1 aliphatic rings. The number of amides is 1. The lowest BCUT2D eigenvalue weighted by Crippen LogP contribution is -2.43. The van der Waals surface area contributed by atoms with Gasteiger partial charge in [0.2, 0.25) is 10.0 Å². The van der Waals surface area contributed by atoms with Crippen molar-refractivity contribution in [2.45, 2.75) is 31.6 Å². The lowest BCUT2D eigenvalue weighted by Gasteiger charge is -2.32. The number of aromatic nitrogens is 1. The Bertz CT molecular complexity index is 1310. The van der Waals surface area contributed by atoms with Gasteiger partial charge in [-0.2, -0.15) is 0 Å². The summed E-state index contributed by atoms with van der Waals surface area (Å²) in [6.45, 7) is 4.20. The highest BCUT2D eigenvalue weighted by Gasteiger charge is 2.43. The van der Waals surface area contributed by atoms with Crippen LogP contribution in [0.1, 0.15) is 25.0 Å². The first kappa shape index (κ1) is 22.9. The van der Waals surface area contributed by atoms with Crippen LogP contribution in [0.15, 0.2) is 85.1 Å². The van der Waals surface area contributed by atoms with Crippen LogP contribution in [0.25, 0.3) is 10.9 Å². The molecule has 6 nitrogen and oxygen atoms in total. The fourth-order valence-corrected chi connectivity index (χ4v) is 5.95. The number of alkyl carbamates (subject to hydrolysis) is 1. The zero-order valence-corrected chi connectivity index (χ0v) is 19.6. The molecule has 1 N–H and O–H groups in total. The van der Waals surface area contributed by atoms with Crippen LogP contribution in [-0.2, 0) is 27.8 Å². The van der Waals surface area contributed by atoms with Crippen molar-refractivity contribution < 1.29 is 17.9 Å². The van der Waals surface area contributed by atoms with Crippen molar-refractivity contribution in [3.8, 4) is 0 Å². The van der Waals surface area contributed by atoms with Gasteiger partial charge >= 0.3 is 6.09 Å². The minimum atomic E-state index is -3.73. The monoisotopic (exact) mass is 464 g/mol. The molecule has 7 heteroatoms. The fourth-order valence-electron chi connectivity index (χ4n) is 4.04. The topological polar surface area (TPSA) is 77.4 Å². The average Bonchev–Trinajstić information content (AvgIpc) is 3.20. The van der Waals surface area contributed by atoms with Crippen LogP contribution < -0.4 is 5.32 Å². The fraction of sp³-hybridized carbons (Fsp3) is 0.269. The highest BCUT2D eigenvalue weighted by Crippen LogP contribution is 2.36. The Balaban J connectivity index is 1.50. The SMILES string of the molecule is CC1C=CC=CC1(C)S(=O)(=O)n1cc(CCNC(=O)OCc2ccccc2)c2ccccc21. The number of hydrogen-bond acceptors (Lipinski definition) is 4. The van der Waals surface area contributed by atoms with E-state index >= 15 is 0 Å². The number of para-hydroxylation sites is 1. The van der Waals surface area contributed by atoms with E-state index < -0.39 is 20.9 Å². The van der Waals surface area contributed by atoms with Crippen LogP contribution in [0.5, 0.6) is 0 Å². The molecule has 0 spiro atoms. The van der Waals surface area contributed by atoms with Gasteiger partial charge in [0, 0.05) is 18.1 Å². The standard InChI is InChI=1S/C26H28N2O4S/c1-20-10-8-9-16-26(20,2)33(30,31)28-18-22(23-13-6-7-14-24(23)28)15-17-27-25(29)32-19-21-11-4-3-5-12-21/h3-14,16,18,20H,15,17,19H2,1-2H3,(H,27,29). The number of fused-ring (bicyclic) bond motifs is 1. The van der Waals surface area contributed by atoms with Gasteiger partial charge in [-0.05, 0) is 36.5 Å². The summed E-state index contributed by atoms with van der Waals surface area (Å²) in [7, 11) is -3.73. The summed E-state index contributed by atoms with van der Waals surface area (Å²) < 4.78 is 33.1. The minimum absolute atomic E-state index is 0.168. The third kappa shape index (κ3) is 4.46. The molecule has 3 aromatic rings. The Labute approximate surface area is 194 Å². The number of nitrogens with zero attached hydrogens (tertiary/aromatic N) is 1. The Morgan fingerprint density at radius 2 is 1.82 bits per heavy atom. The number of allylic oxidation sites excluding steroid dienone is 3. The zero-order chi connectivity index (χ0) is 23.5. The molecule has 1 amide bonds. The highest BCUT2D eigenvalue weighted by atomic mass is 32.2. The van der Waals surface area contributed by atoms with Crippen molar-refractivity contribution in [1.82, 2.24) is 9.29 Å². The Morgan fingerprint density at radius 3 is 2.58 bits per heavy atom. The van der Waals surface area contributed by atoms with E-state index in [-0.39, 0.29) is 12.5 Å². The van der Waals surface area contributed by atoms with Gasteiger partial charge in [0.25, 0.3) is 0 Å². The average molecular weight is 465 g/mol. The smallest absolute Gasteiger partial charge is 0.407 e. The maximum Gasteiger partial charge on any atom is 0.407 e. The number of benzene rings is 2. The molecular weight excluding hydrogens is 436 g/mol. The van der Waals surface area contributed by atoms with E-state index in [1.807, 2.05) is 73.7 Å². The predicted octanol–water partition coefficient (Wildman–Crippen LogP) is 4.81. The quantitative estimate of drug-likeness (QED) is 0.544. The van der Waals surface area contributed by atoms with Crippen molar-refractivity contribution >= 4 is 27.0 Å². The second kappa shape index (κ2) is 9.27. The van der Waals surface area contributed by atoms with E-state index in [1.54, 1.807) is 25.3 Å². The van der Waals surface area contributed by atoms with Crippen molar-refractivity contribution in [1.29, 1.82) is 0 Å². The molecule has 2 atom stereocenters. The summed E-state index contributed by atoms with van der Waals surface area (Å²) in [6, 6.07) is 16.9. The van der Waals surface area contributed by atoms with Crippen LogP contribution >= 0.6 is 0 Å². The number of ether oxygens (including phenoxy) is 1. The van der Waals surface area contributed by atoms with E-state index in [4.69, 9.17) is 4.74 Å². The van der Waals surface area contributed by atoms with Crippen LogP contribution in [0.3, 0.4) is 0 Å². The molecule has 172 valence electrons. The van der Waals surface area contributed by atoms with Crippen molar-refractivity contribution in [3.05, 3.63) is 96.2 Å². The van der Waals surface area contributed by atoms with Crippen LogP contribution in [-0.4, -0.2) is 29.8 Å². The van der Waals surface area contributed by atoms with E-state index in [9.17, 15) is 13.2 Å². The van der Waals surface area contributed by atoms with Crippen molar-refractivity contribution in [2.75, 3.05) is 6.54 Å². The molecule has 0 bridgehead atoms. The van der Waals surface area contributed by atoms with Crippen molar-refractivity contribution in [3.63, 3.8) is 0 Å². The second-order valence-corrected chi connectivity index (χ2v) is 10.7. The second-order valence-electron chi connectivity index (χ2n) is 8.43. The van der Waals surface area contributed by atoms with Crippen LogP contribution in [0.4, 0.5) is 4.79 Å². The van der Waals surface area contributed by atoms with E-state index in [0.29, 0.717) is 18.5 Å². The molecule has 1 aliphatic carbocycles. The first-order chi connectivity index (χ1) is 15.8. The summed E-state index contributed by atoms with van der Waals surface area (Å²) in [6.07, 6.45) is 8.99. The Kier molecular flexibility index (Phi) is 6.42. The molecule has 1 heterocycles. The van der Waals surface area contributed by atoms with Gasteiger partial charge in [-0.1, -0.05) is 79.8 Å². The van der Waals surface area contributed by atoms with Gasteiger partial charge in [-0.25, -0.2) is 17.2 Å². The van der Waals surface area contributed by atoms with Gasteiger partial charge in [0.1, 0.15) is 11.4 Å². The summed E-state index contributed by atoms with van der Waals surface area (Å²) in [4.78, 5) is 12.1. The van der Waals surface area contributed by atoms with Gasteiger partial charge in [-0.15, -0.1) is 0 Å². The first-order valence-corrected chi connectivity index (χ1v) is 12.4.